The molecule has 0 bridgehead atoms. The van der Waals surface area contributed by atoms with Gasteiger partial charge in [-0.05, 0) is 29.5 Å². The third kappa shape index (κ3) is 1.50. The van der Waals surface area contributed by atoms with Crippen LogP contribution in [0.25, 0.3) is 16.3 Å². The highest BCUT2D eigenvalue weighted by Gasteiger charge is 2.08. The van der Waals surface area contributed by atoms with Crippen molar-refractivity contribution >= 4 is 27.6 Å². The Morgan fingerprint density at radius 3 is 3.00 bits per heavy atom. The molecule has 0 N–H and O–H groups in total. The predicted octanol–water partition coefficient (Wildman–Crippen LogP) is 4.00. The van der Waals surface area contributed by atoms with E-state index < -0.39 is 0 Å². The molecule has 0 saturated heterocycles. The second kappa shape index (κ2) is 3.62. The van der Waals surface area contributed by atoms with Gasteiger partial charge in [-0.3, -0.25) is 0 Å². The van der Waals surface area contributed by atoms with Crippen molar-refractivity contribution in [3.05, 3.63) is 29.8 Å². The highest BCUT2D eigenvalue weighted by Crippen LogP contribution is 2.26. The van der Waals surface area contributed by atoms with Gasteiger partial charge in [0.05, 0.1) is 0 Å². The monoisotopic (exact) mass is 205 g/mol. The molecule has 2 heterocycles. The van der Waals surface area contributed by atoms with E-state index in [1.807, 2.05) is 17.4 Å². The van der Waals surface area contributed by atoms with Crippen LogP contribution >= 0.6 is 11.3 Å². The number of fused-ring (bicyclic) bond motifs is 1. The molecule has 2 rings (SSSR count). The smallest absolute Gasteiger partial charge is 0.103 e. The number of aromatic nitrogens is 1. The minimum atomic E-state index is 0.673. The predicted molar refractivity (Wildman–Crippen MR) is 64.7 cm³/mol. The van der Waals surface area contributed by atoms with Crippen molar-refractivity contribution in [2.45, 2.75) is 20.4 Å². The van der Waals surface area contributed by atoms with Crippen molar-refractivity contribution in [1.82, 2.24) is 4.57 Å². The molecule has 2 aromatic rings. The Morgan fingerprint density at radius 1 is 1.57 bits per heavy atom. The highest BCUT2D eigenvalue weighted by atomic mass is 32.1. The van der Waals surface area contributed by atoms with E-state index in [2.05, 4.69) is 42.5 Å². The molecule has 0 saturated carbocycles. The summed E-state index contributed by atoms with van der Waals surface area (Å²) in [4.78, 5) is 1.37. The van der Waals surface area contributed by atoms with Gasteiger partial charge in [-0.2, -0.15) is 0 Å². The van der Waals surface area contributed by atoms with Crippen LogP contribution < -0.4 is 0 Å². The zero-order chi connectivity index (χ0) is 10.1. The summed E-state index contributed by atoms with van der Waals surface area (Å²) >= 11 is 1.81. The van der Waals surface area contributed by atoms with Gasteiger partial charge < -0.3 is 4.57 Å². The van der Waals surface area contributed by atoms with Crippen LogP contribution in [0.3, 0.4) is 0 Å². The van der Waals surface area contributed by atoms with Crippen LogP contribution in [-0.2, 0) is 6.54 Å². The molecule has 0 aliphatic rings. The van der Waals surface area contributed by atoms with Crippen molar-refractivity contribution in [1.29, 1.82) is 0 Å². The minimum Gasteiger partial charge on any atom is -0.333 e. The maximum Gasteiger partial charge on any atom is 0.103 e. The summed E-state index contributed by atoms with van der Waals surface area (Å²) in [7, 11) is 0. The zero-order valence-corrected chi connectivity index (χ0v) is 9.47. The van der Waals surface area contributed by atoms with E-state index >= 15 is 0 Å². The molecule has 0 unspecified atom stereocenters. The molecule has 0 amide bonds. The molecular formula is C12H15NS. The van der Waals surface area contributed by atoms with Crippen molar-refractivity contribution in [2.24, 2.45) is 5.92 Å². The summed E-state index contributed by atoms with van der Waals surface area (Å²) in [6.45, 7) is 9.42. The molecule has 14 heavy (non-hydrogen) atoms. The van der Waals surface area contributed by atoms with E-state index in [1.54, 1.807) is 0 Å². The van der Waals surface area contributed by atoms with Gasteiger partial charge in [0.15, 0.2) is 0 Å². The first-order valence-electron chi connectivity index (χ1n) is 4.91. The van der Waals surface area contributed by atoms with Crippen LogP contribution in [0, 0.1) is 5.92 Å². The van der Waals surface area contributed by atoms with Gasteiger partial charge in [-0.25, -0.2) is 0 Å². The van der Waals surface area contributed by atoms with E-state index in [9.17, 15) is 0 Å². The first-order valence-corrected chi connectivity index (χ1v) is 5.79. The van der Waals surface area contributed by atoms with Gasteiger partial charge in [0, 0.05) is 17.6 Å². The van der Waals surface area contributed by atoms with Crippen LogP contribution in [0.4, 0.5) is 0 Å². The van der Waals surface area contributed by atoms with Gasteiger partial charge in [0.25, 0.3) is 0 Å². The quantitative estimate of drug-likeness (QED) is 0.713. The summed E-state index contributed by atoms with van der Waals surface area (Å²) in [5, 5.41) is 3.49. The van der Waals surface area contributed by atoms with Crippen LogP contribution in [-0.4, -0.2) is 4.57 Å². The van der Waals surface area contributed by atoms with Crippen molar-refractivity contribution in [3.8, 4) is 0 Å². The molecule has 1 nitrogen and oxygen atoms in total. The van der Waals surface area contributed by atoms with E-state index in [-0.39, 0.29) is 0 Å². The second-order valence-electron chi connectivity index (χ2n) is 3.96. The maximum atomic E-state index is 3.86. The van der Waals surface area contributed by atoms with Crippen molar-refractivity contribution in [2.75, 3.05) is 0 Å². The van der Waals surface area contributed by atoms with Gasteiger partial charge in [-0.15, -0.1) is 11.3 Å². The Hall–Kier alpha value is -1.02. The molecule has 2 heteroatoms. The Labute approximate surface area is 88.7 Å². The molecule has 0 atom stereocenters. The number of rotatable bonds is 3. The van der Waals surface area contributed by atoms with Gasteiger partial charge in [0.2, 0.25) is 0 Å². The maximum absolute atomic E-state index is 3.86. The molecule has 0 radical (unpaired) electrons. The molecule has 0 fully saturated rings. The molecule has 2 aromatic heterocycles. The Morgan fingerprint density at radius 2 is 2.36 bits per heavy atom. The lowest BCUT2D eigenvalue weighted by atomic mass is 10.2. The largest absolute Gasteiger partial charge is 0.333 e. The lowest BCUT2D eigenvalue weighted by Crippen LogP contribution is -2.04. The number of hydrogen-bond acceptors (Lipinski definition) is 1. The third-order valence-electron chi connectivity index (χ3n) is 2.29. The molecule has 74 valence electrons. The fourth-order valence-corrected chi connectivity index (χ4v) is 2.63. The van der Waals surface area contributed by atoms with Gasteiger partial charge in [0.1, 0.15) is 4.83 Å². The number of hydrogen-bond donors (Lipinski definition) is 0. The Kier molecular flexibility index (Phi) is 2.46. The average Bonchev–Trinajstić information content (AvgIpc) is 2.67. The molecular weight excluding hydrogens is 190 g/mol. The molecule has 0 aliphatic carbocycles. The minimum absolute atomic E-state index is 0.673. The standard InChI is InChI=1S/C12H15NS/c1-4-11-7-10-5-6-14-12(10)13(11)8-9(2)3/h4-7,9H,1,8H2,2-3H3. The van der Waals surface area contributed by atoms with Crippen molar-refractivity contribution < 1.29 is 0 Å². The normalized spacial score (nSPS) is 11.4. The summed E-state index contributed by atoms with van der Waals surface area (Å²) < 4.78 is 2.36. The summed E-state index contributed by atoms with van der Waals surface area (Å²) in [5.41, 5.74) is 1.24. The molecule has 0 aromatic carbocycles. The first-order chi connectivity index (χ1) is 6.72. The SMILES string of the molecule is C=Cc1cc2ccsc2n1CC(C)C. The average molecular weight is 205 g/mol. The van der Waals surface area contributed by atoms with Gasteiger partial charge >= 0.3 is 0 Å². The third-order valence-corrected chi connectivity index (χ3v) is 3.24. The molecule has 0 spiro atoms. The first kappa shape index (κ1) is 9.53. The Bertz CT molecular complexity index is 448. The summed E-state index contributed by atoms with van der Waals surface area (Å²) in [5.74, 6) is 0.673. The fraction of sp³-hybridized carbons (Fsp3) is 0.333. The van der Waals surface area contributed by atoms with Crippen LogP contribution in [0.5, 0.6) is 0 Å². The zero-order valence-electron chi connectivity index (χ0n) is 8.66. The molecule has 0 aliphatic heterocycles. The van der Waals surface area contributed by atoms with E-state index in [0.717, 1.165) is 6.54 Å². The van der Waals surface area contributed by atoms with E-state index in [4.69, 9.17) is 0 Å². The second-order valence-corrected chi connectivity index (χ2v) is 4.85. The summed E-state index contributed by atoms with van der Waals surface area (Å²) in [6.07, 6.45) is 1.94. The lowest BCUT2D eigenvalue weighted by Gasteiger charge is -2.09. The van der Waals surface area contributed by atoms with Crippen molar-refractivity contribution in [3.63, 3.8) is 0 Å². The topological polar surface area (TPSA) is 4.93 Å². The summed E-state index contributed by atoms with van der Waals surface area (Å²) in [6, 6.07) is 4.38. The van der Waals surface area contributed by atoms with Gasteiger partial charge in [-0.1, -0.05) is 20.4 Å². The number of nitrogens with zero attached hydrogens (tertiary/aromatic N) is 1. The van der Waals surface area contributed by atoms with E-state index in [0.29, 0.717) is 5.92 Å². The lowest BCUT2D eigenvalue weighted by molar-refractivity contribution is 0.534. The number of thiophene rings is 1. The highest BCUT2D eigenvalue weighted by molar-refractivity contribution is 7.16. The van der Waals surface area contributed by atoms with Crippen LogP contribution in [0.15, 0.2) is 24.1 Å². The van der Waals surface area contributed by atoms with E-state index in [1.165, 1.54) is 15.9 Å². The van der Waals surface area contributed by atoms with Crippen LogP contribution in [0.2, 0.25) is 0 Å². The van der Waals surface area contributed by atoms with Crippen LogP contribution in [0.1, 0.15) is 19.5 Å². The fourth-order valence-electron chi connectivity index (χ4n) is 1.72. The Balaban J connectivity index is 2.55.